The Kier molecular flexibility index (Phi) is 3.18. The summed E-state index contributed by atoms with van der Waals surface area (Å²) in [5, 5.41) is 8.37. The molecule has 0 bridgehead atoms. The van der Waals surface area contributed by atoms with Gasteiger partial charge in [0, 0.05) is 5.57 Å². The van der Waals surface area contributed by atoms with E-state index in [0.717, 1.165) is 12.8 Å². The highest BCUT2D eigenvalue weighted by molar-refractivity contribution is 5.70. The Hall–Kier alpha value is -1.00. The highest BCUT2D eigenvalue weighted by atomic mass is 19.4. The van der Waals surface area contributed by atoms with Gasteiger partial charge in [0.05, 0.1) is 6.42 Å². The largest absolute Gasteiger partial charge is 0.481 e. The summed E-state index contributed by atoms with van der Waals surface area (Å²) in [6.07, 6.45) is -3.15. The molecular weight excluding hydrogens is 197 g/mol. The maximum atomic E-state index is 12.4. The minimum absolute atomic E-state index is 0.278. The van der Waals surface area contributed by atoms with Crippen molar-refractivity contribution in [1.82, 2.24) is 0 Å². The smallest absolute Gasteiger partial charge is 0.413 e. The molecule has 1 aliphatic rings. The zero-order chi connectivity index (χ0) is 10.8. The number of carboxylic acid groups (broad SMARTS) is 1. The Morgan fingerprint density at radius 3 is 2.14 bits per heavy atom. The second-order valence-corrected chi connectivity index (χ2v) is 3.36. The van der Waals surface area contributed by atoms with Crippen molar-refractivity contribution in [3.05, 3.63) is 11.1 Å². The van der Waals surface area contributed by atoms with Crippen LogP contribution in [-0.4, -0.2) is 17.3 Å². The lowest BCUT2D eigenvalue weighted by atomic mass is 10.0. The van der Waals surface area contributed by atoms with Gasteiger partial charge < -0.3 is 5.11 Å². The van der Waals surface area contributed by atoms with Crippen molar-refractivity contribution in [2.24, 2.45) is 0 Å². The molecule has 0 aromatic carbocycles. The second kappa shape index (κ2) is 4.02. The Morgan fingerprint density at radius 1 is 1.29 bits per heavy atom. The summed E-state index contributed by atoms with van der Waals surface area (Å²) in [7, 11) is 0. The molecule has 80 valence electrons. The second-order valence-electron chi connectivity index (χ2n) is 3.36. The number of aliphatic carboxylic acids is 1. The summed E-state index contributed by atoms with van der Waals surface area (Å²) < 4.78 is 37.2. The van der Waals surface area contributed by atoms with Gasteiger partial charge in [-0.2, -0.15) is 13.2 Å². The molecule has 14 heavy (non-hydrogen) atoms. The van der Waals surface area contributed by atoms with Gasteiger partial charge in [0.15, 0.2) is 0 Å². The van der Waals surface area contributed by atoms with Crippen molar-refractivity contribution in [3.63, 3.8) is 0 Å². The van der Waals surface area contributed by atoms with Crippen LogP contribution in [0.15, 0.2) is 11.1 Å². The third-order valence-corrected chi connectivity index (χ3v) is 2.30. The van der Waals surface area contributed by atoms with Crippen LogP contribution < -0.4 is 0 Å². The molecule has 0 aromatic rings. The van der Waals surface area contributed by atoms with Crippen LogP contribution in [-0.2, 0) is 4.79 Å². The predicted octanol–water partition coefficient (Wildman–Crippen LogP) is 2.89. The van der Waals surface area contributed by atoms with E-state index in [1.807, 2.05) is 0 Å². The zero-order valence-electron chi connectivity index (χ0n) is 7.52. The fourth-order valence-electron chi connectivity index (χ4n) is 1.68. The van der Waals surface area contributed by atoms with Crippen molar-refractivity contribution >= 4 is 5.97 Å². The first kappa shape index (κ1) is 11.1. The third-order valence-electron chi connectivity index (χ3n) is 2.30. The number of rotatable bonds is 2. The molecule has 2 nitrogen and oxygen atoms in total. The van der Waals surface area contributed by atoms with Gasteiger partial charge >= 0.3 is 12.1 Å². The van der Waals surface area contributed by atoms with Crippen LogP contribution in [0.2, 0.25) is 0 Å². The molecule has 0 spiro atoms. The normalized spacial score (nSPS) is 17.2. The van der Waals surface area contributed by atoms with E-state index in [1.165, 1.54) is 0 Å². The van der Waals surface area contributed by atoms with E-state index in [4.69, 9.17) is 5.11 Å². The molecule has 5 heteroatoms. The molecule has 1 N–H and O–H groups in total. The van der Waals surface area contributed by atoms with Crippen molar-refractivity contribution in [3.8, 4) is 0 Å². The van der Waals surface area contributed by atoms with Gasteiger partial charge in [0.1, 0.15) is 0 Å². The Morgan fingerprint density at radius 2 is 1.79 bits per heavy atom. The van der Waals surface area contributed by atoms with E-state index >= 15 is 0 Å². The number of carboxylic acids is 1. The maximum absolute atomic E-state index is 12.4. The molecule has 0 radical (unpaired) electrons. The van der Waals surface area contributed by atoms with Crippen LogP contribution in [0.3, 0.4) is 0 Å². The number of allylic oxidation sites excluding steroid dienone is 1. The van der Waals surface area contributed by atoms with Gasteiger partial charge in [-0.05, 0) is 25.7 Å². The molecule has 1 fully saturated rings. The van der Waals surface area contributed by atoms with Crippen molar-refractivity contribution in [2.75, 3.05) is 0 Å². The molecule has 1 aliphatic carbocycles. The summed E-state index contributed by atoms with van der Waals surface area (Å²) in [6, 6.07) is 0. The summed E-state index contributed by atoms with van der Waals surface area (Å²) in [6.45, 7) is 0. The van der Waals surface area contributed by atoms with Gasteiger partial charge in [-0.25, -0.2) is 0 Å². The molecular formula is C9H11F3O2. The molecule has 0 aliphatic heterocycles. The van der Waals surface area contributed by atoms with Crippen LogP contribution in [0, 0.1) is 0 Å². The number of hydrogen-bond acceptors (Lipinski definition) is 1. The average Bonchev–Trinajstić information content (AvgIpc) is 2.49. The van der Waals surface area contributed by atoms with Gasteiger partial charge in [-0.3, -0.25) is 4.79 Å². The number of halogens is 3. The monoisotopic (exact) mass is 208 g/mol. The standard InChI is InChI=1S/C9H11F3O2/c10-9(11,12)7(5-8(13)14)6-3-1-2-4-6/h1-5H2,(H,13,14). The number of carbonyl (C=O) groups is 1. The Balaban J connectivity index is 2.91. The van der Waals surface area contributed by atoms with Gasteiger partial charge in [0.25, 0.3) is 0 Å². The molecule has 0 heterocycles. The minimum Gasteiger partial charge on any atom is -0.481 e. The van der Waals surface area contributed by atoms with Crippen molar-refractivity contribution < 1.29 is 23.1 Å². The van der Waals surface area contributed by atoms with Gasteiger partial charge in [-0.15, -0.1) is 0 Å². The molecule has 1 rings (SSSR count). The van der Waals surface area contributed by atoms with Crippen LogP contribution in [0.25, 0.3) is 0 Å². The van der Waals surface area contributed by atoms with Gasteiger partial charge in [0.2, 0.25) is 0 Å². The summed E-state index contributed by atoms with van der Waals surface area (Å²) in [5.74, 6) is -1.42. The average molecular weight is 208 g/mol. The first-order valence-corrected chi connectivity index (χ1v) is 4.41. The van der Waals surface area contributed by atoms with E-state index in [0.29, 0.717) is 12.8 Å². The molecule has 0 atom stereocenters. The van der Waals surface area contributed by atoms with Crippen LogP contribution in [0.5, 0.6) is 0 Å². The van der Waals surface area contributed by atoms with Crippen LogP contribution in [0.1, 0.15) is 32.1 Å². The lowest BCUT2D eigenvalue weighted by molar-refractivity contribution is -0.140. The van der Waals surface area contributed by atoms with Crippen LogP contribution in [0.4, 0.5) is 13.2 Å². The molecule has 0 aromatic heterocycles. The lowest BCUT2D eigenvalue weighted by Crippen LogP contribution is -2.17. The number of alkyl halides is 3. The highest BCUT2D eigenvalue weighted by Gasteiger charge is 2.37. The van der Waals surface area contributed by atoms with E-state index in [2.05, 4.69) is 0 Å². The first-order chi connectivity index (χ1) is 6.41. The molecule has 0 saturated heterocycles. The minimum atomic E-state index is -4.49. The molecule has 1 saturated carbocycles. The fraction of sp³-hybridized carbons (Fsp3) is 0.667. The predicted molar refractivity (Wildman–Crippen MR) is 43.8 cm³/mol. The SMILES string of the molecule is O=C(O)CC(=C1CCCC1)C(F)(F)F. The Labute approximate surface area is 79.4 Å². The Bertz CT molecular complexity index is 258. The fourth-order valence-corrected chi connectivity index (χ4v) is 1.68. The summed E-state index contributed by atoms with van der Waals surface area (Å²) in [4.78, 5) is 10.3. The van der Waals surface area contributed by atoms with Crippen LogP contribution >= 0.6 is 0 Å². The zero-order valence-corrected chi connectivity index (χ0v) is 7.52. The van der Waals surface area contributed by atoms with Crippen molar-refractivity contribution in [2.45, 2.75) is 38.3 Å². The topological polar surface area (TPSA) is 37.3 Å². The van der Waals surface area contributed by atoms with E-state index < -0.39 is 24.1 Å². The molecule has 0 amide bonds. The van der Waals surface area contributed by atoms with E-state index in [1.54, 1.807) is 0 Å². The van der Waals surface area contributed by atoms with Crippen molar-refractivity contribution in [1.29, 1.82) is 0 Å². The lowest BCUT2D eigenvalue weighted by Gasteiger charge is -2.12. The first-order valence-electron chi connectivity index (χ1n) is 4.41. The third kappa shape index (κ3) is 2.75. The summed E-state index contributed by atoms with van der Waals surface area (Å²) in [5.41, 5.74) is -0.567. The molecule has 0 unspecified atom stereocenters. The van der Waals surface area contributed by atoms with E-state index in [9.17, 15) is 18.0 Å². The van der Waals surface area contributed by atoms with E-state index in [-0.39, 0.29) is 5.57 Å². The van der Waals surface area contributed by atoms with Gasteiger partial charge in [-0.1, -0.05) is 5.57 Å². The number of hydrogen-bond donors (Lipinski definition) is 1. The summed E-state index contributed by atoms with van der Waals surface area (Å²) >= 11 is 0. The quantitative estimate of drug-likeness (QED) is 0.708. The highest BCUT2D eigenvalue weighted by Crippen LogP contribution is 2.37. The maximum Gasteiger partial charge on any atom is 0.413 e.